The van der Waals surface area contributed by atoms with Crippen LogP contribution >= 0.6 is 0 Å². The van der Waals surface area contributed by atoms with E-state index in [9.17, 15) is 25.5 Å². The number of aliphatic hydroxyl groups is 6. The van der Waals surface area contributed by atoms with E-state index in [-0.39, 0.29) is 17.6 Å². The molecule has 8 nitrogen and oxygen atoms in total. The second-order valence-electron chi connectivity index (χ2n) is 11.6. The van der Waals surface area contributed by atoms with E-state index in [0.717, 1.165) is 12.8 Å². The summed E-state index contributed by atoms with van der Waals surface area (Å²) in [4.78, 5) is 0. The smallest absolute Gasteiger partial charge is 0.131 e. The van der Waals surface area contributed by atoms with Gasteiger partial charge >= 0.3 is 0 Å². The number of likely N-dealkylation sites (N-methyl/N-ethyl adjacent to an activating group) is 1. The van der Waals surface area contributed by atoms with Gasteiger partial charge in [0, 0.05) is 6.61 Å². The van der Waals surface area contributed by atoms with Gasteiger partial charge in [0.15, 0.2) is 0 Å². The number of hydrogen-bond acceptors (Lipinski definition) is 7. The first-order valence-corrected chi connectivity index (χ1v) is 15.1. The number of ether oxygens (including phenoxy) is 1. The molecule has 0 aliphatic rings. The molecular formula is C29H62NO7+. The van der Waals surface area contributed by atoms with E-state index in [1.54, 1.807) is 14.1 Å². The summed E-state index contributed by atoms with van der Waals surface area (Å²) in [6.07, 6.45) is 14.4. The van der Waals surface area contributed by atoms with Crippen molar-refractivity contribution in [2.45, 2.75) is 140 Å². The Morgan fingerprint density at radius 1 is 0.568 bits per heavy atom. The zero-order valence-corrected chi connectivity index (χ0v) is 24.3. The number of rotatable bonds is 27. The van der Waals surface area contributed by atoms with Crippen LogP contribution in [0, 0.1) is 0 Å². The first-order chi connectivity index (χ1) is 17.6. The summed E-state index contributed by atoms with van der Waals surface area (Å²) >= 11 is 0. The van der Waals surface area contributed by atoms with Gasteiger partial charge in [-0.1, -0.05) is 103 Å². The van der Waals surface area contributed by atoms with Crippen LogP contribution in [0.25, 0.3) is 0 Å². The van der Waals surface area contributed by atoms with Gasteiger partial charge in [-0.3, -0.25) is 0 Å². The minimum atomic E-state index is -1.65. The fraction of sp³-hybridized carbons (Fsp3) is 1.00. The normalized spacial score (nSPS) is 16.5. The van der Waals surface area contributed by atoms with Crippen LogP contribution in [0.1, 0.15) is 110 Å². The molecule has 0 saturated heterocycles. The van der Waals surface area contributed by atoms with Crippen molar-refractivity contribution in [1.82, 2.24) is 0 Å². The van der Waals surface area contributed by atoms with Gasteiger partial charge in [0.1, 0.15) is 43.6 Å². The van der Waals surface area contributed by atoms with Crippen molar-refractivity contribution >= 4 is 0 Å². The van der Waals surface area contributed by atoms with E-state index in [0.29, 0.717) is 13.2 Å². The number of quaternary nitrogens is 1. The molecule has 37 heavy (non-hydrogen) atoms. The molecule has 0 heterocycles. The molecule has 0 aliphatic heterocycles. The minimum Gasteiger partial charge on any atom is -0.394 e. The third-order valence-corrected chi connectivity index (χ3v) is 7.16. The highest BCUT2D eigenvalue weighted by molar-refractivity contribution is 4.80. The zero-order chi connectivity index (χ0) is 27.9. The van der Waals surface area contributed by atoms with Gasteiger partial charge in [0.05, 0.1) is 27.3 Å². The second-order valence-corrected chi connectivity index (χ2v) is 11.6. The van der Waals surface area contributed by atoms with Crippen molar-refractivity contribution < 1.29 is 39.9 Å². The van der Waals surface area contributed by atoms with Crippen LogP contribution in [0.15, 0.2) is 0 Å². The van der Waals surface area contributed by atoms with Crippen molar-refractivity contribution in [3.8, 4) is 0 Å². The molecule has 6 N–H and O–H groups in total. The largest absolute Gasteiger partial charge is 0.394 e. The Kier molecular flexibility index (Phi) is 23.4. The van der Waals surface area contributed by atoms with E-state index >= 15 is 0 Å². The Hall–Kier alpha value is -0.320. The maximum atomic E-state index is 10.3. The molecule has 0 aromatic heterocycles. The summed E-state index contributed by atoms with van der Waals surface area (Å²) in [5, 5.41) is 58.6. The molecule has 0 fully saturated rings. The standard InChI is InChI=1S/C29H62NO7/c1-4-5-6-7-8-9-10-11-12-13-14-15-16-17-18-19-20-37-24-25(32)21-30(2,3)22-26(33)28(35)29(36)27(34)23-31/h25-29,31-36H,4-24H2,1-3H3/q+1/t25?,26?,27-,28?,29?/m1/s1. The highest BCUT2D eigenvalue weighted by Crippen LogP contribution is 2.14. The molecule has 0 radical (unpaired) electrons. The van der Waals surface area contributed by atoms with E-state index in [1.807, 2.05) is 0 Å². The predicted molar refractivity (Wildman–Crippen MR) is 149 cm³/mol. The van der Waals surface area contributed by atoms with Crippen molar-refractivity contribution in [1.29, 1.82) is 0 Å². The molecular weight excluding hydrogens is 474 g/mol. The molecule has 0 aromatic rings. The topological polar surface area (TPSA) is 131 Å². The van der Waals surface area contributed by atoms with Crippen molar-refractivity contribution in [3.05, 3.63) is 0 Å². The molecule has 0 amide bonds. The molecule has 0 aromatic carbocycles. The Balaban J connectivity index is 3.64. The van der Waals surface area contributed by atoms with Gasteiger partial charge in [0.25, 0.3) is 0 Å². The van der Waals surface area contributed by atoms with Crippen LogP contribution in [0.5, 0.6) is 0 Å². The Morgan fingerprint density at radius 2 is 0.973 bits per heavy atom. The lowest BCUT2D eigenvalue weighted by Gasteiger charge is -2.35. The van der Waals surface area contributed by atoms with Crippen molar-refractivity contribution in [2.24, 2.45) is 0 Å². The first kappa shape index (κ1) is 36.7. The van der Waals surface area contributed by atoms with Crippen LogP contribution in [0.3, 0.4) is 0 Å². The second kappa shape index (κ2) is 23.6. The predicted octanol–water partition coefficient (Wildman–Crippen LogP) is 3.14. The van der Waals surface area contributed by atoms with Crippen molar-refractivity contribution in [3.63, 3.8) is 0 Å². The Bertz CT molecular complexity index is 495. The van der Waals surface area contributed by atoms with E-state index in [2.05, 4.69) is 6.92 Å². The van der Waals surface area contributed by atoms with Gasteiger partial charge in [-0.15, -0.1) is 0 Å². The number of aliphatic hydroxyl groups excluding tert-OH is 6. The molecule has 0 bridgehead atoms. The molecule has 224 valence electrons. The number of hydrogen-bond donors (Lipinski definition) is 6. The Morgan fingerprint density at radius 3 is 1.41 bits per heavy atom. The Labute approximate surface area is 227 Å². The van der Waals surface area contributed by atoms with Gasteiger partial charge in [-0.05, 0) is 6.42 Å². The van der Waals surface area contributed by atoms with Gasteiger partial charge < -0.3 is 39.9 Å². The summed E-state index contributed by atoms with van der Waals surface area (Å²) in [6.45, 7) is 2.76. The summed E-state index contributed by atoms with van der Waals surface area (Å²) < 4.78 is 5.82. The van der Waals surface area contributed by atoms with Gasteiger partial charge in [-0.25, -0.2) is 0 Å². The number of unbranched alkanes of at least 4 members (excludes halogenated alkanes) is 15. The molecule has 0 saturated carbocycles. The summed E-state index contributed by atoms with van der Waals surface area (Å²) in [5.74, 6) is 0. The average molecular weight is 537 g/mol. The highest BCUT2D eigenvalue weighted by atomic mass is 16.5. The van der Waals surface area contributed by atoms with Gasteiger partial charge in [-0.2, -0.15) is 0 Å². The van der Waals surface area contributed by atoms with Gasteiger partial charge in [0.2, 0.25) is 0 Å². The van der Waals surface area contributed by atoms with E-state index in [1.165, 1.54) is 89.9 Å². The average Bonchev–Trinajstić information content (AvgIpc) is 2.85. The minimum absolute atomic E-state index is 0.0621. The van der Waals surface area contributed by atoms with Crippen LogP contribution in [-0.2, 0) is 4.74 Å². The molecule has 8 heteroatoms. The lowest BCUT2D eigenvalue weighted by molar-refractivity contribution is -0.897. The fourth-order valence-corrected chi connectivity index (χ4v) is 4.85. The number of nitrogens with zero attached hydrogens (tertiary/aromatic N) is 1. The lowest BCUT2D eigenvalue weighted by Crippen LogP contribution is -2.56. The quantitative estimate of drug-likeness (QED) is 0.0702. The monoisotopic (exact) mass is 536 g/mol. The SMILES string of the molecule is CCCCCCCCCCCCCCCCCCOCC(O)C[N+](C)(C)CC(O)C(O)C(O)[C@H](O)CO. The highest BCUT2D eigenvalue weighted by Gasteiger charge is 2.34. The van der Waals surface area contributed by atoms with Crippen LogP contribution in [-0.4, -0.2) is 113 Å². The van der Waals surface area contributed by atoms with Crippen molar-refractivity contribution in [2.75, 3.05) is 47.0 Å². The van der Waals surface area contributed by atoms with Crippen LogP contribution < -0.4 is 0 Å². The first-order valence-electron chi connectivity index (χ1n) is 15.1. The fourth-order valence-electron chi connectivity index (χ4n) is 4.85. The third kappa shape index (κ3) is 21.2. The van der Waals surface area contributed by atoms with E-state index in [4.69, 9.17) is 9.84 Å². The molecule has 4 unspecified atom stereocenters. The molecule has 5 atom stereocenters. The lowest BCUT2D eigenvalue weighted by atomic mass is 10.0. The molecule has 0 rings (SSSR count). The van der Waals surface area contributed by atoms with Crippen LogP contribution in [0.4, 0.5) is 0 Å². The summed E-state index contributed by atoms with van der Waals surface area (Å²) in [5.41, 5.74) is 0. The molecule has 0 aliphatic carbocycles. The molecule has 0 spiro atoms. The third-order valence-electron chi connectivity index (χ3n) is 7.16. The van der Waals surface area contributed by atoms with Crippen LogP contribution in [0.2, 0.25) is 0 Å². The maximum absolute atomic E-state index is 10.3. The maximum Gasteiger partial charge on any atom is 0.131 e. The zero-order valence-electron chi connectivity index (χ0n) is 24.3. The summed E-state index contributed by atoms with van der Waals surface area (Å²) in [7, 11) is 3.59. The summed E-state index contributed by atoms with van der Waals surface area (Å²) in [6, 6.07) is 0. The van der Waals surface area contributed by atoms with E-state index < -0.39 is 37.1 Å².